The third-order valence-corrected chi connectivity index (χ3v) is 4.33. The summed E-state index contributed by atoms with van der Waals surface area (Å²) in [5.74, 6) is 1.58. The molecule has 122 valence electrons. The number of para-hydroxylation sites is 1. The van der Waals surface area contributed by atoms with Gasteiger partial charge in [0.05, 0.1) is 14.2 Å². The van der Waals surface area contributed by atoms with Gasteiger partial charge in [-0.15, -0.1) is 0 Å². The predicted octanol–water partition coefficient (Wildman–Crippen LogP) is 3.48. The van der Waals surface area contributed by atoms with Crippen molar-refractivity contribution >= 4 is 5.91 Å². The Kier molecular flexibility index (Phi) is 6.56. The summed E-state index contributed by atoms with van der Waals surface area (Å²) in [6, 6.07) is 6.15. The molecule has 0 saturated heterocycles. The Balaban J connectivity index is 1.88. The van der Waals surface area contributed by atoms with Crippen LogP contribution in [0.4, 0.5) is 0 Å². The second-order valence-electron chi connectivity index (χ2n) is 5.91. The van der Waals surface area contributed by atoms with Gasteiger partial charge in [-0.2, -0.15) is 0 Å². The Labute approximate surface area is 133 Å². The average molecular weight is 305 g/mol. The molecule has 1 aromatic rings. The Morgan fingerprint density at radius 2 is 1.86 bits per heavy atom. The summed E-state index contributed by atoms with van der Waals surface area (Å²) in [5, 5.41) is 3.18. The Hall–Kier alpha value is -1.71. The van der Waals surface area contributed by atoms with Gasteiger partial charge in [-0.05, 0) is 30.9 Å². The first kappa shape index (κ1) is 16.7. The van der Waals surface area contributed by atoms with Crippen LogP contribution in [0.5, 0.6) is 11.5 Å². The maximum absolute atomic E-state index is 12.2. The first-order valence-corrected chi connectivity index (χ1v) is 8.24. The molecule has 1 fully saturated rings. The maximum atomic E-state index is 12.2. The summed E-state index contributed by atoms with van der Waals surface area (Å²) < 4.78 is 10.7. The SMILES string of the molecule is COc1cccc(CCC(=O)NC2CCCCCC2)c1OC. The zero-order valence-corrected chi connectivity index (χ0v) is 13.7. The van der Waals surface area contributed by atoms with Crippen LogP contribution in [0.1, 0.15) is 50.5 Å². The van der Waals surface area contributed by atoms with Crippen molar-refractivity contribution in [1.29, 1.82) is 0 Å². The highest BCUT2D eigenvalue weighted by Gasteiger charge is 2.16. The van der Waals surface area contributed by atoms with Crippen LogP contribution in [-0.4, -0.2) is 26.2 Å². The smallest absolute Gasteiger partial charge is 0.220 e. The minimum atomic E-state index is 0.136. The van der Waals surface area contributed by atoms with E-state index in [0.717, 1.165) is 24.2 Å². The normalized spacial score (nSPS) is 15.9. The molecule has 1 aliphatic rings. The lowest BCUT2D eigenvalue weighted by Crippen LogP contribution is -2.34. The van der Waals surface area contributed by atoms with Crippen LogP contribution in [0.2, 0.25) is 0 Å². The lowest BCUT2D eigenvalue weighted by Gasteiger charge is -2.17. The lowest BCUT2D eigenvalue weighted by atomic mass is 10.1. The van der Waals surface area contributed by atoms with Crippen molar-refractivity contribution in [2.45, 2.75) is 57.4 Å². The molecule has 0 bridgehead atoms. The van der Waals surface area contributed by atoms with Crippen LogP contribution in [0.25, 0.3) is 0 Å². The van der Waals surface area contributed by atoms with Crippen molar-refractivity contribution < 1.29 is 14.3 Å². The molecule has 0 atom stereocenters. The number of hydrogen-bond acceptors (Lipinski definition) is 3. The van der Waals surface area contributed by atoms with Crippen LogP contribution >= 0.6 is 0 Å². The van der Waals surface area contributed by atoms with E-state index in [-0.39, 0.29) is 5.91 Å². The Bertz CT molecular complexity index is 479. The fourth-order valence-corrected chi connectivity index (χ4v) is 3.12. The number of amides is 1. The molecule has 4 heteroatoms. The molecule has 0 aromatic heterocycles. The molecule has 22 heavy (non-hydrogen) atoms. The van der Waals surface area contributed by atoms with Crippen molar-refractivity contribution in [3.63, 3.8) is 0 Å². The van der Waals surface area contributed by atoms with Crippen LogP contribution in [0, 0.1) is 0 Å². The molecule has 0 heterocycles. The van der Waals surface area contributed by atoms with Crippen LogP contribution in [0.15, 0.2) is 18.2 Å². The van der Waals surface area contributed by atoms with Gasteiger partial charge in [0.25, 0.3) is 0 Å². The van der Waals surface area contributed by atoms with Crippen molar-refractivity contribution in [1.82, 2.24) is 5.32 Å². The van der Waals surface area contributed by atoms with Crippen molar-refractivity contribution in [2.75, 3.05) is 14.2 Å². The largest absolute Gasteiger partial charge is 0.493 e. The van der Waals surface area contributed by atoms with E-state index in [1.807, 2.05) is 18.2 Å². The van der Waals surface area contributed by atoms with E-state index in [9.17, 15) is 4.79 Å². The number of nitrogens with one attached hydrogen (secondary N) is 1. The fraction of sp³-hybridized carbons (Fsp3) is 0.611. The molecule has 1 aliphatic carbocycles. The Morgan fingerprint density at radius 1 is 1.14 bits per heavy atom. The highest BCUT2D eigenvalue weighted by molar-refractivity contribution is 5.76. The van der Waals surface area contributed by atoms with Gasteiger partial charge in [0.1, 0.15) is 0 Å². The third-order valence-electron chi connectivity index (χ3n) is 4.33. The van der Waals surface area contributed by atoms with Crippen LogP contribution in [0.3, 0.4) is 0 Å². The molecular weight excluding hydrogens is 278 g/mol. The number of methoxy groups -OCH3 is 2. The van der Waals surface area contributed by atoms with E-state index < -0.39 is 0 Å². The van der Waals surface area contributed by atoms with Gasteiger partial charge in [-0.25, -0.2) is 0 Å². The van der Waals surface area contributed by atoms with Crippen LogP contribution in [-0.2, 0) is 11.2 Å². The summed E-state index contributed by atoms with van der Waals surface area (Å²) in [5.41, 5.74) is 1.01. The van der Waals surface area contributed by atoms with Gasteiger partial charge >= 0.3 is 0 Å². The average Bonchev–Trinajstić information content (AvgIpc) is 2.81. The zero-order valence-electron chi connectivity index (χ0n) is 13.7. The summed E-state index contributed by atoms with van der Waals surface area (Å²) in [6.07, 6.45) is 8.45. The molecule has 2 rings (SSSR count). The molecule has 4 nitrogen and oxygen atoms in total. The molecule has 0 radical (unpaired) electrons. The van der Waals surface area contributed by atoms with E-state index in [2.05, 4.69) is 5.32 Å². The monoisotopic (exact) mass is 305 g/mol. The molecule has 1 aromatic carbocycles. The number of carbonyl (C=O) groups excluding carboxylic acids is 1. The highest BCUT2D eigenvalue weighted by atomic mass is 16.5. The van der Waals surface area contributed by atoms with E-state index >= 15 is 0 Å². The van der Waals surface area contributed by atoms with E-state index in [1.165, 1.54) is 25.7 Å². The van der Waals surface area contributed by atoms with E-state index in [1.54, 1.807) is 14.2 Å². The van der Waals surface area contributed by atoms with Gasteiger partial charge in [-0.3, -0.25) is 4.79 Å². The second-order valence-corrected chi connectivity index (χ2v) is 5.91. The molecular formula is C18H27NO3. The maximum Gasteiger partial charge on any atom is 0.220 e. The third kappa shape index (κ3) is 4.65. The van der Waals surface area contributed by atoms with E-state index in [0.29, 0.717) is 24.6 Å². The minimum absolute atomic E-state index is 0.136. The first-order chi connectivity index (χ1) is 10.7. The zero-order chi connectivity index (χ0) is 15.8. The van der Waals surface area contributed by atoms with Crippen LogP contribution < -0.4 is 14.8 Å². The molecule has 0 unspecified atom stereocenters. The van der Waals surface area contributed by atoms with Gasteiger partial charge < -0.3 is 14.8 Å². The lowest BCUT2D eigenvalue weighted by molar-refractivity contribution is -0.121. The summed E-state index contributed by atoms with van der Waals surface area (Å²) in [7, 11) is 3.26. The fourth-order valence-electron chi connectivity index (χ4n) is 3.12. The molecule has 0 spiro atoms. The number of aryl methyl sites for hydroxylation is 1. The molecule has 0 aliphatic heterocycles. The number of ether oxygens (including phenoxy) is 2. The standard InChI is InChI=1S/C18H27NO3/c1-21-16-11-7-8-14(18(16)22-2)12-13-17(20)19-15-9-5-3-4-6-10-15/h7-8,11,15H,3-6,9-10,12-13H2,1-2H3,(H,19,20). The second kappa shape index (κ2) is 8.66. The van der Waals surface area contributed by atoms with Crippen molar-refractivity contribution in [2.24, 2.45) is 0 Å². The minimum Gasteiger partial charge on any atom is -0.493 e. The molecule has 1 N–H and O–H groups in total. The summed E-state index contributed by atoms with van der Waals surface area (Å²) in [4.78, 5) is 12.2. The first-order valence-electron chi connectivity index (χ1n) is 8.24. The predicted molar refractivity (Wildman–Crippen MR) is 87.5 cm³/mol. The molecule has 1 amide bonds. The highest BCUT2D eigenvalue weighted by Crippen LogP contribution is 2.31. The van der Waals surface area contributed by atoms with Crippen molar-refractivity contribution in [3.8, 4) is 11.5 Å². The number of hydrogen-bond donors (Lipinski definition) is 1. The van der Waals surface area contributed by atoms with E-state index in [4.69, 9.17) is 9.47 Å². The quantitative estimate of drug-likeness (QED) is 0.819. The number of rotatable bonds is 6. The van der Waals surface area contributed by atoms with Crippen molar-refractivity contribution in [3.05, 3.63) is 23.8 Å². The molecule has 1 saturated carbocycles. The van der Waals surface area contributed by atoms with Gasteiger partial charge in [-0.1, -0.05) is 37.8 Å². The van der Waals surface area contributed by atoms with Gasteiger partial charge in [0.15, 0.2) is 11.5 Å². The summed E-state index contributed by atoms with van der Waals surface area (Å²) in [6.45, 7) is 0. The topological polar surface area (TPSA) is 47.6 Å². The van der Waals surface area contributed by atoms with Gasteiger partial charge in [0.2, 0.25) is 5.91 Å². The number of benzene rings is 1. The van der Waals surface area contributed by atoms with Gasteiger partial charge in [0, 0.05) is 12.5 Å². The summed E-state index contributed by atoms with van der Waals surface area (Å²) >= 11 is 0. The Morgan fingerprint density at radius 3 is 2.50 bits per heavy atom. The number of carbonyl (C=O) groups is 1.